The van der Waals surface area contributed by atoms with E-state index in [-0.39, 0.29) is 46.3 Å². The first-order valence-corrected chi connectivity index (χ1v) is 13.1. The van der Waals surface area contributed by atoms with Crippen molar-refractivity contribution < 1.29 is 37.0 Å². The molecule has 214 valence electrons. The normalized spacial score (nSPS) is 18.0. The number of nitrogens with two attached hydrogens (primary N) is 2. The number of carbonyl (C=O) groups excluding carboxylic acids is 2. The van der Waals surface area contributed by atoms with Crippen LogP contribution in [0.5, 0.6) is 5.75 Å². The Bertz CT molecular complexity index is 1680. The smallest absolute Gasteiger partial charge is 0.424 e. The zero-order valence-electron chi connectivity index (χ0n) is 21.4. The fraction of sp³-hybridized carbons (Fsp3) is 0.259. The van der Waals surface area contributed by atoms with Crippen LogP contribution in [0, 0.1) is 5.82 Å². The van der Waals surface area contributed by atoms with Gasteiger partial charge in [-0.25, -0.2) is 14.4 Å². The molecule has 1 aliphatic rings. The van der Waals surface area contributed by atoms with Crippen LogP contribution in [-0.4, -0.2) is 46.2 Å². The minimum Gasteiger partial charge on any atom is -0.489 e. The molecule has 2 aromatic carbocycles. The highest BCUT2D eigenvalue weighted by Crippen LogP contribution is 2.49. The van der Waals surface area contributed by atoms with Gasteiger partial charge < -0.3 is 26.6 Å². The Hall–Kier alpha value is -4.30. The number of nitrogens with zero attached hydrogens (tertiary/aromatic N) is 2. The van der Waals surface area contributed by atoms with Gasteiger partial charge in [0.1, 0.15) is 29.3 Å². The molecule has 0 bridgehead atoms. The Morgan fingerprint density at radius 2 is 1.85 bits per heavy atom. The van der Waals surface area contributed by atoms with Gasteiger partial charge >= 0.3 is 6.18 Å². The highest BCUT2D eigenvalue weighted by atomic mass is 32.1. The summed E-state index contributed by atoms with van der Waals surface area (Å²) >= 11 is 1.10. The topological polar surface area (TPSA) is 153 Å². The summed E-state index contributed by atoms with van der Waals surface area (Å²) < 4.78 is 63.7. The summed E-state index contributed by atoms with van der Waals surface area (Å²) in [5, 5.41) is 13.6. The third-order valence-electron chi connectivity index (χ3n) is 7.21. The molecule has 9 nitrogen and oxygen atoms in total. The van der Waals surface area contributed by atoms with Crippen LogP contribution in [0.4, 0.5) is 22.7 Å². The van der Waals surface area contributed by atoms with E-state index in [2.05, 4.69) is 15.3 Å². The largest absolute Gasteiger partial charge is 0.489 e. The van der Waals surface area contributed by atoms with E-state index in [1.165, 1.54) is 30.3 Å². The maximum absolute atomic E-state index is 14.6. The molecule has 0 saturated heterocycles. The van der Waals surface area contributed by atoms with Gasteiger partial charge in [-0.3, -0.25) is 9.59 Å². The molecule has 14 heteroatoms. The summed E-state index contributed by atoms with van der Waals surface area (Å²) in [5.74, 6) is -2.35. The summed E-state index contributed by atoms with van der Waals surface area (Å²) in [6.45, 7) is 0.0350. The van der Waals surface area contributed by atoms with Gasteiger partial charge in [0, 0.05) is 16.7 Å². The average Bonchev–Trinajstić information content (AvgIpc) is 3.50. The summed E-state index contributed by atoms with van der Waals surface area (Å²) in [4.78, 5) is 33.6. The van der Waals surface area contributed by atoms with Crippen molar-refractivity contribution >= 4 is 38.5 Å². The molecule has 3 heterocycles. The first kappa shape index (κ1) is 28.2. The highest BCUT2D eigenvalue weighted by molar-refractivity contribution is 7.22. The zero-order chi connectivity index (χ0) is 29.7. The number of primary amides is 1. The summed E-state index contributed by atoms with van der Waals surface area (Å²) in [5.41, 5.74) is 5.79. The van der Waals surface area contributed by atoms with Gasteiger partial charge in [0.25, 0.3) is 5.91 Å². The quantitative estimate of drug-likeness (QED) is 0.239. The van der Waals surface area contributed by atoms with Gasteiger partial charge in [0.2, 0.25) is 11.5 Å². The summed E-state index contributed by atoms with van der Waals surface area (Å²) in [7, 11) is 0. The van der Waals surface area contributed by atoms with Crippen molar-refractivity contribution in [1.29, 1.82) is 0 Å². The minimum atomic E-state index is -5.33. The van der Waals surface area contributed by atoms with E-state index in [4.69, 9.17) is 16.2 Å². The Kier molecular flexibility index (Phi) is 6.86. The van der Waals surface area contributed by atoms with E-state index in [1.807, 2.05) is 0 Å². The van der Waals surface area contributed by atoms with Crippen LogP contribution in [0.1, 0.15) is 35.0 Å². The molecule has 41 heavy (non-hydrogen) atoms. The molecule has 1 aliphatic heterocycles. The monoisotopic (exact) mass is 589 g/mol. The lowest BCUT2D eigenvalue weighted by atomic mass is 9.78. The third kappa shape index (κ3) is 4.72. The molecule has 5 rings (SSSR count). The van der Waals surface area contributed by atoms with Gasteiger partial charge in [-0.2, -0.15) is 13.2 Å². The number of thiazole rings is 1. The Balaban J connectivity index is 1.60. The number of ether oxygens (including phenoxy) is 1. The van der Waals surface area contributed by atoms with E-state index < -0.39 is 47.1 Å². The van der Waals surface area contributed by atoms with Gasteiger partial charge in [-0.05, 0) is 55.0 Å². The Morgan fingerprint density at radius 3 is 2.49 bits per heavy atom. The number of fused-ring (bicyclic) bond motifs is 2. The molecule has 0 spiro atoms. The summed E-state index contributed by atoms with van der Waals surface area (Å²) in [6, 6.07) is 9.92. The molecule has 2 aromatic heterocycles. The van der Waals surface area contributed by atoms with Gasteiger partial charge in [-0.1, -0.05) is 18.3 Å². The van der Waals surface area contributed by atoms with Crippen LogP contribution in [0.25, 0.3) is 21.5 Å². The SMILES string of the molecule is CC[C@]1(C(N)=O)COc2c1cc(C(O)(CNC(=O)c1ccc3nc(N)sc3c1)C(F)(F)F)nc2-c1ccc(F)cc1. The van der Waals surface area contributed by atoms with E-state index in [1.54, 1.807) is 6.92 Å². The molecule has 2 amide bonds. The highest BCUT2D eigenvalue weighted by Gasteiger charge is 2.58. The van der Waals surface area contributed by atoms with E-state index >= 15 is 0 Å². The van der Waals surface area contributed by atoms with Crippen LogP contribution in [0.2, 0.25) is 0 Å². The number of anilines is 1. The predicted molar refractivity (Wildman–Crippen MR) is 143 cm³/mol. The lowest BCUT2D eigenvalue weighted by molar-refractivity contribution is -0.265. The molecule has 1 unspecified atom stereocenters. The molecule has 4 aromatic rings. The van der Waals surface area contributed by atoms with Crippen LogP contribution >= 0.6 is 11.3 Å². The number of hydrogen-bond donors (Lipinski definition) is 4. The number of nitrogen functional groups attached to an aromatic ring is 1. The van der Waals surface area contributed by atoms with Gasteiger partial charge in [-0.15, -0.1) is 0 Å². The van der Waals surface area contributed by atoms with Crippen LogP contribution < -0.4 is 21.5 Å². The molecular weight excluding hydrogens is 566 g/mol. The molecule has 0 aliphatic carbocycles. The second kappa shape index (κ2) is 9.96. The number of aliphatic hydroxyl groups is 1. The second-order valence-electron chi connectivity index (χ2n) is 9.60. The third-order valence-corrected chi connectivity index (χ3v) is 8.06. The number of carbonyl (C=O) groups is 2. The standard InChI is InChI=1S/C27H23F4N5O4S/c1-2-25(23(32)38)12-40-21-16(25)10-19(36-20(21)13-3-6-15(28)7-4-13)26(39,27(29,30)31)11-34-22(37)14-5-8-17-18(9-14)41-24(33)35-17/h3-10,39H,2,11-12H2,1H3,(H2,32,38)(H2,33,35)(H,34,37)/t25-,26?/m0/s1. The number of halogens is 4. The number of hydrogen-bond acceptors (Lipinski definition) is 8. The number of pyridine rings is 1. The first-order chi connectivity index (χ1) is 19.3. The van der Waals surface area contributed by atoms with E-state index in [9.17, 15) is 32.3 Å². The predicted octanol–water partition coefficient (Wildman–Crippen LogP) is 3.79. The molecule has 0 saturated carbocycles. The fourth-order valence-corrected chi connectivity index (χ4v) is 5.50. The maximum Gasteiger partial charge on any atom is 0.424 e. The Morgan fingerprint density at radius 1 is 1.15 bits per heavy atom. The molecule has 2 atom stereocenters. The number of aromatic nitrogens is 2. The van der Waals surface area contributed by atoms with Crippen molar-refractivity contribution in [3.05, 3.63) is 71.2 Å². The lowest BCUT2D eigenvalue weighted by Crippen LogP contribution is -2.52. The molecule has 0 radical (unpaired) electrons. The van der Waals surface area contributed by atoms with Crippen LogP contribution in [-0.2, 0) is 15.8 Å². The van der Waals surface area contributed by atoms with Crippen molar-refractivity contribution in [2.45, 2.75) is 30.5 Å². The molecule has 6 N–H and O–H groups in total. The number of alkyl halides is 3. The fourth-order valence-electron chi connectivity index (χ4n) is 4.72. The van der Waals surface area contributed by atoms with Gasteiger partial charge in [0.05, 0.1) is 22.5 Å². The van der Waals surface area contributed by atoms with Crippen molar-refractivity contribution in [1.82, 2.24) is 15.3 Å². The van der Waals surface area contributed by atoms with Crippen LogP contribution in [0.15, 0.2) is 48.5 Å². The molecule has 0 fully saturated rings. The van der Waals surface area contributed by atoms with Gasteiger partial charge in [0.15, 0.2) is 5.13 Å². The zero-order valence-corrected chi connectivity index (χ0v) is 22.2. The van der Waals surface area contributed by atoms with Crippen LogP contribution in [0.3, 0.4) is 0 Å². The first-order valence-electron chi connectivity index (χ1n) is 12.3. The van der Waals surface area contributed by atoms with E-state index in [0.29, 0.717) is 10.2 Å². The average molecular weight is 590 g/mol. The van der Waals surface area contributed by atoms with E-state index in [0.717, 1.165) is 29.5 Å². The van der Waals surface area contributed by atoms with Crippen molar-refractivity contribution in [2.75, 3.05) is 18.9 Å². The Labute approximate surface area is 234 Å². The minimum absolute atomic E-state index is 0.000868. The number of benzene rings is 2. The molecular formula is C27H23F4N5O4S. The number of nitrogens with one attached hydrogen (secondary N) is 1. The lowest BCUT2D eigenvalue weighted by Gasteiger charge is -2.32. The van der Waals surface area contributed by atoms with Crippen molar-refractivity contribution in [3.63, 3.8) is 0 Å². The second-order valence-corrected chi connectivity index (χ2v) is 10.7. The number of rotatable bonds is 7. The maximum atomic E-state index is 14.6. The van der Waals surface area contributed by atoms with Crippen molar-refractivity contribution in [3.8, 4) is 17.0 Å². The summed E-state index contributed by atoms with van der Waals surface area (Å²) in [6.07, 6.45) is -5.26. The number of amides is 2. The van der Waals surface area contributed by atoms with Crippen molar-refractivity contribution in [2.24, 2.45) is 5.73 Å².